The maximum atomic E-state index is 12.6. The largest absolute Gasteiger partial charge is 0.389 e. The van der Waals surface area contributed by atoms with E-state index in [4.69, 9.17) is 5.73 Å². The van der Waals surface area contributed by atoms with Crippen molar-refractivity contribution in [1.29, 1.82) is 0 Å². The van der Waals surface area contributed by atoms with Crippen LogP contribution in [0.25, 0.3) is 0 Å². The van der Waals surface area contributed by atoms with Crippen LogP contribution < -0.4 is 5.73 Å². The molecule has 126 valence electrons. The Balaban J connectivity index is 2.13. The quantitative estimate of drug-likeness (QED) is 0.681. The third-order valence-electron chi connectivity index (χ3n) is 4.54. The summed E-state index contributed by atoms with van der Waals surface area (Å²) < 4.78 is 25.2. The van der Waals surface area contributed by atoms with Crippen LogP contribution >= 0.6 is 0 Å². The van der Waals surface area contributed by atoms with Gasteiger partial charge in [0.05, 0.1) is 22.9 Å². The molecule has 2 aliphatic carbocycles. The van der Waals surface area contributed by atoms with Crippen LogP contribution in [0.4, 0.5) is 0 Å². The first-order valence-corrected chi connectivity index (χ1v) is 9.79. The van der Waals surface area contributed by atoms with E-state index < -0.39 is 22.0 Å². The Labute approximate surface area is 132 Å². The van der Waals surface area contributed by atoms with Crippen molar-refractivity contribution < 1.29 is 18.6 Å². The molecule has 0 saturated heterocycles. The maximum absolute atomic E-state index is 12.6. The number of hydrogen-bond donors (Lipinski definition) is 3. The molecule has 0 bridgehead atoms. The lowest BCUT2D eigenvalue weighted by atomic mass is 9.91. The minimum absolute atomic E-state index is 0.141. The van der Waals surface area contributed by atoms with Crippen LogP contribution in [-0.4, -0.2) is 43.1 Å². The van der Waals surface area contributed by atoms with Crippen molar-refractivity contribution in [2.75, 3.05) is 12.3 Å². The van der Waals surface area contributed by atoms with Crippen LogP contribution in [-0.2, 0) is 9.84 Å². The Hall–Kier alpha value is -0.690. The third kappa shape index (κ3) is 4.65. The van der Waals surface area contributed by atoms with E-state index in [1.165, 1.54) is 18.6 Å². The van der Waals surface area contributed by atoms with Gasteiger partial charge >= 0.3 is 0 Å². The van der Waals surface area contributed by atoms with Crippen LogP contribution in [0.2, 0.25) is 0 Å². The van der Waals surface area contributed by atoms with E-state index >= 15 is 0 Å². The van der Waals surface area contributed by atoms with Gasteiger partial charge in [-0.3, -0.25) is 0 Å². The Morgan fingerprint density at radius 1 is 1.27 bits per heavy atom. The fraction of sp³-hybridized carbons (Fsp3) is 0.750. The standard InChI is InChI=1S/C16H27NO4S/c17-7-6-16(19)13-8-14(18)10-15(9-13)22(20,21)11-12-4-2-1-3-5-12/h9-10,12,14,16,18-19H,1-8,11,17H2. The molecule has 2 aliphatic rings. The molecular formula is C16H27NO4S. The van der Waals surface area contributed by atoms with E-state index in [2.05, 4.69) is 0 Å². The van der Waals surface area contributed by atoms with Gasteiger partial charge in [-0.15, -0.1) is 0 Å². The highest BCUT2D eigenvalue weighted by atomic mass is 32.2. The lowest BCUT2D eigenvalue weighted by Gasteiger charge is -2.24. The van der Waals surface area contributed by atoms with Crippen molar-refractivity contribution in [2.45, 2.75) is 57.2 Å². The van der Waals surface area contributed by atoms with Crippen LogP contribution in [0.5, 0.6) is 0 Å². The maximum Gasteiger partial charge on any atom is 0.178 e. The lowest BCUT2D eigenvalue weighted by Crippen LogP contribution is -2.25. The predicted molar refractivity (Wildman–Crippen MR) is 86.8 cm³/mol. The second-order valence-corrected chi connectivity index (χ2v) is 8.47. The second kappa shape index (κ2) is 7.73. The van der Waals surface area contributed by atoms with E-state index in [1.807, 2.05) is 0 Å². The van der Waals surface area contributed by atoms with Crippen LogP contribution in [0.3, 0.4) is 0 Å². The van der Waals surface area contributed by atoms with E-state index in [0.717, 1.165) is 25.7 Å². The van der Waals surface area contributed by atoms with Gasteiger partial charge in [0.15, 0.2) is 9.84 Å². The van der Waals surface area contributed by atoms with Crippen LogP contribution in [0.15, 0.2) is 22.6 Å². The lowest BCUT2D eigenvalue weighted by molar-refractivity contribution is 0.172. The van der Waals surface area contributed by atoms with Gasteiger partial charge in [-0.05, 0) is 49.5 Å². The summed E-state index contributed by atoms with van der Waals surface area (Å²) in [6.45, 7) is 0.322. The van der Waals surface area contributed by atoms with Gasteiger partial charge in [0.1, 0.15) is 0 Å². The fourth-order valence-corrected chi connectivity index (χ4v) is 5.15. The number of hydrogen-bond acceptors (Lipinski definition) is 5. The van der Waals surface area contributed by atoms with Crippen molar-refractivity contribution in [3.05, 3.63) is 22.6 Å². The number of rotatable bonds is 6. The molecule has 0 heterocycles. The van der Waals surface area contributed by atoms with Crippen molar-refractivity contribution in [3.8, 4) is 0 Å². The summed E-state index contributed by atoms with van der Waals surface area (Å²) in [4.78, 5) is 0.155. The molecule has 22 heavy (non-hydrogen) atoms. The van der Waals surface area contributed by atoms with E-state index in [1.54, 1.807) is 0 Å². The zero-order valence-corrected chi connectivity index (χ0v) is 13.8. The summed E-state index contributed by atoms with van der Waals surface area (Å²) in [6, 6.07) is 0. The first kappa shape index (κ1) is 17.7. The SMILES string of the molecule is NCCC(O)C1=CC(S(=O)(=O)CC2CCCCC2)=CC(O)C1. The number of allylic oxidation sites excluding steroid dienone is 1. The van der Waals surface area contributed by atoms with E-state index in [-0.39, 0.29) is 23.0 Å². The van der Waals surface area contributed by atoms with Crippen molar-refractivity contribution in [3.63, 3.8) is 0 Å². The molecule has 6 heteroatoms. The highest BCUT2D eigenvalue weighted by molar-refractivity contribution is 7.95. The average Bonchev–Trinajstić information content (AvgIpc) is 2.47. The van der Waals surface area contributed by atoms with Crippen LogP contribution in [0.1, 0.15) is 44.9 Å². The number of nitrogens with two attached hydrogens (primary N) is 1. The zero-order chi connectivity index (χ0) is 16.2. The fourth-order valence-electron chi connectivity index (χ4n) is 3.31. The normalized spacial score (nSPS) is 25.5. The Morgan fingerprint density at radius 2 is 1.95 bits per heavy atom. The molecule has 0 radical (unpaired) electrons. The molecule has 2 rings (SSSR count). The van der Waals surface area contributed by atoms with Gasteiger partial charge in [0, 0.05) is 6.42 Å². The molecule has 0 amide bonds. The summed E-state index contributed by atoms with van der Waals surface area (Å²) in [5.74, 6) is 0.354. The van der Waals surface area contributed by atoms with Gasteiger partial charge in [-0.2, -0.15) is 0 Å². The van der Waals surface area contributed by atoms with Crippen molar-refractivity contribution >= 4 is 9.84 Å². The molecule has 1 fully saturated rings. The first-order chi connectivity index (χ1) is 10.4. The average molecular weight is 329 g/mol. The summed E-state index contributed by atoms with van der Waals surface area (Å²) in [5, 5.41) is 19.9. The van der Waals surface area contributed by atoms with Crippen LogP contribution in [0, 0.1) is 5.92 Å². The number of sulfone groups is 1. The molecule has 2 atom stereocenters. The summed E-state index contributed by atoms with van der Waals surface area (Å²) in [6.07, 6.45) is 7.23. The topological polar surface area (TPSA) is 101 Å². The molecule has 0 aromatic heterocycles. The Kier molecular flexibility index (Phi) is 6.20. The van der Waals surface area contributed by atoms with Gasteiger partial charge in [-0.1, -0.05) is 19.3 Å². The highest BCUT2D eigenvalue weighted by Crippen LogP contribution is 2.30. The smallest absolute Gasteiger partial charge is 0.178 e. The van der Waals surface area contributed by atoms with E-state index in [0.29, 0.717) is 18.5 Å². The molecule has 5 nitrogen and oxygen atoms in total. The molecule has 0 aromatic rings. The van der Waals surface area contributed by atoms with Crippen molar-refractivity contribution in [2.24, 2.45) is 11.7 Å². The zero-order valence-electron chi connectivity index (χ0n) is 12.9. The van der Waals surface area contributed by atoms with Gasteiger partial charge < -0.3 is 15.9 Å². The van der Waals surface area contributed by atoms with Gasteiger partial charge in [0.25, 0.3) is 0 Å². The molecule has 2 unspecified atom stereocenters. The van der Waals surface area contributed by atoms with Crippen molar-refractivity contribution in [1.82, 2.24) is 0 Å². The summed E-state index contributed by atoms with van der Waals surface area (Å²) in [5.41, 5.74) is 5.99. The summed E-state index contributed by atoms with van der Waals surface area (Å²) >= 11 is 0. The number of aliphatic hydroxyl groups excluding tert-OH is 2. The monoisotopic (exact) mass is 329 g/mol. The number of aliphatic hydroxyl groups is 2. The minimum Gasteiger partial charge on any atom is -0.389 e. The Bertz CT molecular complexity index is 532. The van der Waals surface area contributed by atoms with E-state index in [9.17, 15) is 18.6 Å². The minimum atomic E-state index is -3.41. The Morgan fingerprint density at radius 3 is 2.59 bits per heavy atom. The molecule has 0 spiro atoms. The summed E-state index contributed by atoms with van der Waals surface area (Å²) in [7, 11) is -3.41. The van der Waals surface area contributed by atoms with Gasteiger partial charge in [-0.25, -0.2) is 8.42 Å². The second-order valence-electron chi connectivity index (χ2n) is 6.44. The first-order valence-electron chi connectivity index (χ1n) is 8.13. The molecule has 1 saturated carbocycles. The predicted octanol–water partition coefficient (Wildman–Crippen LogP) is 1.27. The molecule has 4 N–H and O–H groups in total. The highest BCUT2D eigenvalue weighted by Gasteiger charge is 2.28. The molecule has 0 aliphatic heterocycles. The van der Waals surface area contributed by atoms with Gasteiger partial charge in [0.2, 0.25) is 0 Å². The third-order valence-corrected chi connectivity index (χ3v) is 6.42. The molecule has 0 aromatic carbocycles. The molecular weight excluding hydrogens is 302 g/mol.